The lowest BCUT2D eigenvalue weighted by Gasteiger charge is -2.33. The average Bonchev–Trinajstić information content (AvgIpc) is 2.44. The largest absolute Gasteiger partial charge is 0.435 e. The summed E-state index contributed by atoms with van der Waals surface area (Å²) in [7, 11) is 0. The molecule has 2 aromatic carbocycles. The maximum atomic E-state index is 14.6. The highest BCUT2D eigenvalue weighted by Crippen LogP contribution is 2.56. The Hall–Kier alpha value is -2.19. The zero-order valence-electron chi connectivity index (χ0n) is 13.3. The molecule has 142 valence electrons. The third kappa shape index (κ3) is 3.14. The maximum Gasteiger partial charge on any atom is 0.435 e. The number of halogens is 9. The number of alkyl halides is 7. The van der Waals surface area contributed by atoms with Crippen LogP contribution in [-0.4, -0.2) is 12.4 Å². The molecule has 0 atom stereocenters. The summed E-state index contributed by atoms with van der Waals surface area (Å²) in [4.78, 5) is 0. The lowest BCUT2D eigenvalue weighted by molar-refractivity contribution is -0.348. The quantitative estimate of drug-likeness (QED) is 0.514. The molecule has 0 aliphatic carbocycles. The van der Waals surface area contributed by atoms with Gasteiger partial charge in [-0.2, -0.15) is 26.3 Å². The molecule has 2 rings (SSSR count). The molecule has 2 aromatic rings. The molecule has 9 heteroatoms. The molecule has 0 aliphatic heterocycles. The van der Waals surface area contributed by atoms with E-state index < -0.39 is 46.3 Å². The lowest BCUT2D eigenvalue weighted by atomic mass is 9.83. The molecular weight excluding hydrogens is 375 g/mol. The lowest BCUT2D eigenvalue weighted by Crippen LogP contribution is -2.50. The number of hydrogen-bond donors (Lipinski definition) is 0. The van der Waals surface area contributed by atoms with Gasteiger partial charge in [0.2, 0.25) is 0 Å². The minimum atomic E-state index is -6.35. The van der Waals surface area contributed by atoms with Crippen molar-refractivity contribution in [1.82, 2.24) is 0 Å². The Bertz CT molecular complexity index is 817. The Morgan fingerprint density at radius 2 is 1.27 bits per heavy atom. The van der Waals surface area contributed by atoms with Gasteiger partial charge in [0.1, 0.15) is 11.6 Å². The van der Waals surface area contributed by atoms with Crippen LogP contribution in [0.4, 0.5) is 39.5 Å². The van der Waals surface area contributed by atoms with Gasteiger partial charge in [-0.1, -0.05) is 17.7 Å². The van der Waals surface area contributed by atoms with Crippen molar-refractivity contribution in [2.45, 2.75) is 31.9 Å². The Balaban J connectivity index is 2.97. The summed E-state index contributed by atoms with van der Waals surface area (Å²) in [6.07, 6.45) is -12.7. The standard InChI is InChI=1S/C17H11F9/c1-8-5-9(2)14(11-4-3-10(18)7-13(11)19)12(6-8)15(20,16(21,22)23)17(24,25)26/h3-7H,1-2H3. The predicted octanol–water partition coefficient (Wildman–Crippen LogP) is 6.54. The van der Waals surface area contributed by atoms with Crippen LogP contribution in [0.2, 0.25) is 0 Å². The van der Waals surface area contributed by atoms with Crippen molar-refractivity contribution in [2.75, 3.05) is 0 Å². The van der Waals surface area contributed by atoms with Crippen LogP contribution in [0.25, 0.3) is 11.1 Å². The zero-order chi connectivity index (χ0) is 20.1. The Morgan fingerprint density at radius 3 is 1.73 bits per heavy atom. The Labute approximate surface area is 142 Å². The second-order valence-electron chi connectivity index (χ2n) is 5.78. The van der Waals surface area contributed by atoms with Crippen molar-refractivity contribution in [1.29, 1.82) is 0 Å². The van der Waals surface area contributed by atoms with Crippen LogP contribution in [0.1, 0.15) is 16.7 Å². The summed E-state index contributed by atoms with van der Waals surface area (Å²) in [5.41, 5.74) is -9.52. The fraction of sp³-hybridized carbons (Fsp3) is 0.294. The van der Waals surface area contributed by atoms with Gasteiger partial charge in [-0.25, -0.2) is 13.2 Å². The smallest absolute Gasteiger partial charge is 0.218 e. The first-order valence-corrected chi connectivity index (χ1v) is 7.09. The normalized spacial score (nSPS) is 13.2. The van der Waals surface area contributed by atoms with E-state index in [9.17, 15) is 39.5 Å². The van der Waals surface area contributed by atoms with Gasteiger partial charge in [-0.3, -0.25) is 0 Å². The van der Waals surface area contributed by atoms with E-state index in [4.69, 9.17) is 0 Å². The molecule has 0 saturated heterocycles. The van der Waals surface area contributed by atoms with Gasteiger partial charge in [0.05, 0.1) is 0 Å². The highest BCUT2D eigenvalue weighted by atomic mass is 19.4. The van der Waals surface area contributed by atoms with Gasteiger partial charge in [0.15, 0.2) is 0 Å². The molecular formula is C17H11F9. The van der Waals surface area contributed by atoms with E-state index in [1.54, 1.807) is 0 Å². The number of hydrogen-bond acceptors (Lipinski definition) is 0. The molecule has 0 spiro atoms. The van der Waals surface area contributed by atoms with E-state index in [0.29, 0.717) is 24.3 Å². The zero-order valence-corrected chi connectivity index (χ0v) is 13.3. The van der Waals surface area contributed by atoms with E-state index in [2.05, 4.69) is 0 Å². The molecule has 0 N–H and O–H groups in total. The van der Waals surface area contributed by atoms with E-state index in [1.165, 1.54) is 13.0 Å². The van der Waals surface area contributed by atoms with Gasteiger partial charge >= 0.3 is 18.0 Å². The van der Waals surface area contributed by atoms with E-state index in [-0.39, 0.29) is 11.1 Å². The summed E-state index contributed by atoms with van der Waals surface area (Å²) < 4.78 is 121. The van der Waals surface area contributed by atoms with E-state index in [0.717, 1.165) is 6.92 Å². The first kappa shape index (κ1) is 20.1. The Kier molecular flexibility index (Phi) is 4.80. The van der Waals surface area contributed by atoms with Crippen LogP contribution < -0.4 is 0 Å². The van der Waals surface area contributed by atoms with Gasteiger partial charge in [0.25, 0.3) is 0 Å². The first-order chi connectivity index (χ1) is 11.7. The van der Waals surface area contributed by atoms with Crippen LogP contribution in [-0.2, 0) is 5.67 Å². The van der Waals surface area contributed by atoms with Gasteiger partial charge < -0.3 is 0 Å². The Morgan fingerprint density at radius 1 is 0.731 bits per heavy atom. The molecule has 0 unspecified atom stereocenters. The highest BCUT2D eigenvalue weighted by Gasteiger charge is 2.74. The fourth-order valence-corrected chi connectivity index (χ4v) is 2.76. The molecule has 0 fully saturated rings. The molecule has 0 aliphatic rings. The van der Waals surface area contributed by atoms with Crippen molar-refractivity contribution >= 4 is 0 Å². The second-order valence-corrected chi connectivity index (χ2v) is 5.78. The van der Waals surface area contributed by atoms with Gasteiger partial charge in [0, 0.05) is 17.2 Å². The van der Waals surface area contributed by atoms with Crippen molar-refractivity contribution in [3.05, 3.63) is 58.7 Å². The highest BCUT2D eigenvalue weighted by molar-refractivity contribution is 5.73. The molecule has 0 aromatic heterocycles. The van der Waals surface area contributed by atoms with Crippen LogP contribution in [0.3, 0.4) is 0 Å². The second kappa shape index (κ2) is 6.21. The minimum Gasteiger partial charge on any atom is -0.218 e. The van der Waals surface area contributed by atoms with Crippen molar-refractivity contribution in [2.24, 2.45) is 0 Å². The maximum absolute atomic E-state index is 14.6. The van der Waals surface area contributed by atoms with Crippen molar-refractivity contribution in [3.63, 3.8) is 0 Å². The molecule has 0 heterocycles. The van der Waals surface area contributed by atoms with Crippen LogP contribution in [0.5, 0.6) is 0 Å². The van der Waals surface area contributed by atoms with Crippen LogP contribution in [0.15, 0.2) is 30.3 Å². The van der Waals surface area contributed by atoms with Crippen molar-refractivity contribution < 1.29 is 39.5 Å². The number of rotatable bonds is 2. The first-order valence-electron chi connectivity index (χ1n) is 7.09. The third-order valence-corrected chi connectivity index (χ3v) is 3.83. The third-order valence-electron chi connectivity index (χ3n) is 3.83. The van der Waals surface area contributed by atoms with Crippen LogP contribution in [0, 0.1) is 25.5 Å². The summed E-state index contributed by atoms with van der Waals surface area (Å²) >= 11 is 0. The summed E-state index contributed by atoms with van der Waals surface area (Å²) in [5.74, 6) is -2.50. The number of benzene rings is 2. The number of aryl methyl sites for hydroxylation is 2. The summed E-state index contributed by atoms with van der Waals surface area (Å²) in [5, 5.41) is 0. The van der Waals surface area contributed by atoms with E-state index >= 15 is 0 Å². The minimum absolute atomic E-state index is 0.0840. The summed E-state index contributed by atoms with van der Waals surface area (Å²) in [6, 6.07) is 3.15. The van der Waals surface area contributed by atoms with Crippen LogP contribution >= 0.6 is 0 Å². The molecule has 26 heavy (non-hydrogen) atoms. The molecule has 0 radical (unpaired) electrons. The summed E-state index contributed by atoms with van der Waals surface area (Å²) in [6.45, 7) is 2.29. The van der Waals surface area contributed by atoms with Gasteiger partial charge in [-0.05, 0) is 37.1 Å². The van der Waals surface area contributed by atoms with E-state index in [1.807, 2.05) is 0 Å². The topological polar surface area (TPSA) is 0 Å². The van der Waals surface area contributed by atoms with Crippen molar-refractivity contribution in [3.8, 4) is 11.1 Å². The molecule has 0 saturated carbocycles. The predicted molar refractivity (Wildman–Crippen MR) is 76.2 cm³/mol. The fourth-order valence-electron chi connectivity index (χ4n) is 2.76. The molecule has 0 bridgehead atoms. The average molecular weight is 386 g/mol. The monoisotopic (exact) mass is 386 g/mol. The van der Waals surface area contributed by atoms with Gasteiger partial charge in [-0.15, -0.1) is 0 Å². The molecule has 0 nitrogen and oxygen atoms in total. The molecule has 0 amide bonds. The SMILES string of the molecule is Cc1cc(C)c(-c2ccc(F)cc2F)c(C(F)(C(F)(F)F)C(F)(F)F)c1.